The van der Waals surface area contributed by atoms with E-state index in [0.717, 1.165) is 56.8 Å². The summed E-state index contributed by atoms with van der Waals surface area (Å²) in [5, 5.41) is 11.7. The number of allylic oxidation sites excluding steroid dienone is 1. The zero-order valence-electron chi connectivity index (χ0n) is 28.3. The number of Topliss-reactive ketones (excluding diaryl/α,β-unsaturated/α-hetero) is 1. The van der Waals surface area contributed by atoms with Gasteiger partial charge in [-0.2, -0.15) is 8.42 Å². The second kappa shape index (κ2) is 11.2. The molecular weight excluding hydrogens is 620 g/mol. The van der Waals surface area contributed by atoms with E-state index in [1.54, 1.807) is 18.5 Å². The first-order valence-electron chi connectivity index (χ1n) is 17.3. The van der Waals surface area contributed by atoms with Gasteiger partial charge in [0.25, 0.3) is 10.1 Å². The molecule has 1 aliphatic heterocycles. The maximum absolute atomic E-state index is 14.7. The lowest BCUT2D eigenvalue weighted by Crippen LogP contribution is -2.60. The molecule has 10 nitrogen and oxygen atoms in total. The quantitative estimate of drug-likeness (QED) is 0.295. The van der Waals surface area contributed by atoms with Gasteiger partial charge in [-0.1, -0.05) is 19.4 Å². The van der Waals surface area contributed by atoms with Crippen molar-refractivity contribution in [1.82, 2.24) is 9.97 Å². The molecule has 2 heterocycles. The minimum absolute atomic E-state index is 0.0373. The monoisotopic (exact) mass is 668 g/mol. The second-order valence-corrected chi connectivity index (χ2v) is 17.7. The van der Waals surface area contributed by atoms with Crippen molar-refractivity contribution < 1.29 is 36.8 Å². The highest BCUT2D eigenvalue weighted by Gasteiger charge is 2.78. The fraction of sp³-hybridized carbons (Fsp3) is 0.722. The highest BCUT2D eigenvalue weighted by Crippen LogP contribution is 2.80. The molecule has 6 aliphatic rings. The lowest BCUT2D eigenvalue weighted by atomic mass is 9.43. The first-order valence-corrected chi connectivity index (χ1v) is 19.1. The minimum atomic E-state index is -3.67. The Kier molecular flexibility index (Phi) is 7.84. The number of rotatable bonds is 8. The number of hydrogen-bond acceptors (Lipinski definition) is 10. The molecule has 1 aromatic heterocycles. The number of carbonyl (C=O) groups is 2. The van der Waals surface area contributed by atoms with Crippen LogP contribution in [0.1, 0.15) is 91.7 Å². The van der Waals surface area contributed by atoms with Crippen molar-refractivity contribution in [3.63, 3.8) is 0 Å². The van der Waals surface area contributed by atoms with Crippen LogP contribution in [0.5, 0.6) is 5.88 Å². The molecule has 0 aromatic carbocycles. The van der Waals surface area contributed by atoms with E-state index >= 15 is 0 Å². The highest BCUT2D eigenvalue weighted by molar-refractivity contribution is 7.86. The number of fused-ring (bicyclic) bond motifs is 4. The number of aliphatic hydroxyl groups excluding tert-OH is 1. The van der Waals surface area contributed by atoms with E-state index in [1.807, 2.05) is 20.8 Å². The van der Waals surface area contributed by atoms with Crippen molar-refractivity contribution >= 4 is 27.4 Å². The summed E-state index contributed by atoms with van der Waals surface area (Å²) >= 11 is 0. The lowest BCUT2D eigenvalue weighted by Gasteiger charge is -2.60. The van der Waals surface area contributed by atoms with Crippen molar-refractivity contribution in [2.75, 3.05) is 12.9 Å². The van der Waals surface area contributed by atoms with Gasteiger partial charge in [0.15, 0.2) is 5.78 Å². The number of carbonyl (C=O) groups excluding carboxylic acids is 2. The normalized spacial score (nSPS) is 41.0. The molecule has 47 heavy (non-hydrogen) atoms. The Balaban J connectivity index is 1.10. The predicted molar refractivity (Wildman–Crippen MR) is 173 cm³/mol. The maximum atomic E-state index is 14.7. The Labute approximate surface area is 277 Å². The molecule has 0 bridgehead atoms. The van der Waals surface area contributed by atoms with Gasteiger partial charge >= 0.3 is 5.97 Å². The van der Waals surface area contributed by atoms with Crippen LogP contribution in [0.25, 0.3) is 5.57 Å². The summed E-state index contributed by atoms with van der Waals surface area (Å²) in [5.74, 6) is 1.75. The van der Waals surface area contributed by atoms with Gasteiger partial charge in [0.2, 0.25) is 5.88 Å². The van der Waals surface area contributed by atoms with Crippen molar-refractivity contribution in [3.05, 3.63) is 35.3 Å². The molecule has 4 saturated carbocycles. The van der Waals surface area contributed by atoms with E-state index < -0.39 is 33.0 Å². The fourth-order valence-corrected chi connectivity index (χ4v) is 11.5. The van der Waals surface area contributed by atoms with E-state index in [4.69, 9.17) is 13.7 Å². The number of cyclic esters (lactones) is 1. The summed E-state index contributed by atoms with van der Waals surface area (Å²) < 4.78 is 39.4. The number of aliphatic hydroxyl groups is 1. The van der Waals surface area contributed by atoms with Crippen molar-refractivity contribution in [2.24, 2.45) is 45.8 Å². The van der Waals surface area contributed by atoms with Crippen LogP contribution < -0.4 is 4.74 Å². The molecule has 11 heteroatoms. The number of nitrogens with zero attached hydrogens (tertiary/aromatic N) is 2. The summed E-state index contributed by atoms with van der Waals surface area (Å²) in [6.07, 6.45) is 12.2. The number of hydrogen-bond donors (Lipinski definition) is 1. The van der Waals surface area contributed by atoms with E-state index in [9.17, 15) is 23.1 Å². The molecule has 1 N–H and O–H groups in total. The lowest BCUT2D eigenvalue weighted by molar-refractivity contribution is -0.158. The Morgan fingerprint density at radius 1 is 1.11 bits per heavy atom. The third kappa shape index (κ3) is 5.12. The molecule has 7 rings (SSSR count). The molecular formula is C36H48N2O8S. The van der Waals surface area contributed by atoms with Crippen LogP contribution >= 0.6 is 0 Å². The van der Waals surface area contributed by atoms with E-state index in [1.165, 1.54) is 0 Å². The van der Waals surface area contributed by atoms with Crippen LogP contribution in [0.4, 0.5) is 0 Å². The van der Waals surface area contributed by atoms with Crippen LogP contribution in [0, 0.1) is 45.8 Å². The third-order valence-corrected chi connectivity index (χ3v) is 14.0. The summed E-state index contributed by atoms with van der Waals surface area (Å²) in [6, 6.07) is 0. The van der Waals surface area contributed by atoms with Crippen LogP contribution in [0.2, 0.25) is 0 Å². The first kappa shape index (κ1) is 32.9. The van der Waals surface area contributed by atoms with Crippen LogP contribution in [-0.2, 0) is 28.6 Å². The van der Waals surface area contributed by atoms with Gasteiger partial charge in [0.05, 0.1) is 48.7 Å². The van der Waals surface area contributed by atoms with E-state index in [0.29, 0.717) is 52.8 Å². The van der Waals surface area contributed by atoms with Crippen molar-refractivity contribution in [3.8, 4) is 5.88 Å². The average Bonchev–Trinajstić information content (AvgIpc) is 3.64. The number of ether oxygens (including phenoxy) is 2. The minimum Gasteiger partial charge on any atom is -0.474 e. The molecule has 5 aliphatic carbocycles. The van der Waals surface area contributed by atoms with Crippen LogP contribution in [0.15, 0.2) is 29.6 Å². The Morgan fingerprint density at radius 3 is 2.53 bits per heavy atom. The predicted octanol–water partition coefficient (Wildman–Crippen LogP) is 5.06. The summed E-state index contributed by atoms with van der Waals surface area (Å²) in [6.45, 7) is 9.98. The molecule has 0 radical (unpaired) electrons. The third-order valence-electron chi connectivity index (χ3n) is 13.4. The van der Waals surface area contributed by atoms with Gasteiger partial charge in [-0.25, -0.2) is 14.8 Å². The van der Waals surface area contributed by atoms with Gasteiger partial charge in [0, 0.05) is 22.8 Å². The topological polar surface area (TPSA) is 142 Å². The second-order valence-electron chi connectivity index (χ2n) is 16.0. The van der Waals surface area contributed by atoms with Gasteiger partial charge < -0.3 is 14.6 Å². The first-order chi connectivity index (χ1) is 22.1. The molecule has 10 atom stereocenters. The SMILES string of the molecule is CC1=C(COS(C)(=O)=O)C(=O)O[C@@H](C[C@H]2CC[C@H]3[C@@H]4C[C@H]5C[C@]56[C@@H](O)C=C(c5cnc(OC(C)C)cn5)C(=O)[C@]6(C)[C@H]4CC[C@]23C)C1. The van der Waals surface area contributed by atoms with Crippen molar-refractivity contribution in [1.29, 1.82) is 0 Å². The van der Waals surface area contributed by atoms with Crippen LogP contribution in [-0.4, -0.2) is 66.4 Å². The number of ketones is 1. The highest BCUT2D eigenvalue weighted by atomic mass is 32.2. The van der Waals surface area contributed by atoms with E-state index in [-0.39, 0.29) is 35.9 Å². The summed E-state index contributed by atoms with van der Waals surface area (Å²) in [5.41, 5.74) is 1.07. The zero-order valence-corrected chi connectivity index (χ0v) is 29.1. The smallest absolute Gasteiger partial charge is 0.336 e. The van der Waals surface area contributed by atoms with Gasteiger partial charge in [0.1, 0.15) is 6.10 Å². The molecule has 4 fully saturated rings. The standard InChI is InChI=1S/C36H48N2O8S/c1-19(2)45-31-17-37-29(16-38-31)25-14-30(39)36-15-22(36)13-24-27-8-7-21(34(27,4)10-9-28(24)35(36,5)32(25)40)12-23-11-20(3)26(33(41)46-23)18-44-47(6,42)43/h14,16-17,19,21-24,27-28,30,39H,7-13,15,18H2,1-6H3/t21-,22+,23-,24+,27+,28+,30+,34-,35+,36-/m1/s1. The van der Waals surface area contributed by atoms with Crippen molar-refractivity contribution in [2.45, 2.75) is 104 Å². The zero-order chi connectivity index (χ0) is 33.7. The molecule has 0 saturated heterocycles. The fourth-order valence-electron chi connectivity index (χ4n) is 11.2. The van der Waals surface area contributed by atoms with Crippen LogP contribution in [0.3, 0.4) is 0 Å². The molecule has 1 aromatic rings. The Morgan fingerprint density at radius 2 is 1.87 bits per heavy atom. The molecule has 256 valence electrons. The molecule has 0 amide bonds. The largest absolute Gasteiger partial charge is 0.474 e. The Hall–Kier alpha value is -2.63. The number of aromatic nitrogens is 2. The van der Waals surface area contributed by atoms with Gasteiger partial charge in [-0.05, 0) is 107 Å². The van der Waals surface area contributed by atoms with E-state index in [2.05, 4.69) is 23.8 Å². The summed E-state index contributed by atoms with van der Waals surface area (Å²) in [4.78, 5) is 36.5. The van der Waals surface area contributed by atoms with Gasteiger partial charge in [-0.3, -0.25) is 8.98 Å². The molecule has 0 unspecified atom stereocenters. The summed E-state index contributed by atoms with van der Waals surface area (Å²) in [7, 11) is -3.67. The average molecular weight is 669 g/mol. The Bertz CT molecular complexity index is 1650. The molecule has 1 spiro atoms. The maximum Gasteiger partial charge on any atom is 0.336 e. The van der Waals surface area contributed by atoms with Gasteiger partial charge in [-0.15, -0.1) is 0 Å². The number of esters is 1.